The molecule has 0 heterocycles. The van der Waals surface area contributed by atoms with Crippen LogP contribution in [0.25, 0.3) is 0 Å². The van der Waals surface area contributed by atoms with Crippen molar-refractivity contribution in [3.8, 4) is 0 Å². The summed E-state index contributed by atoms with van der Waals surface area (Å²) in [4.78, 5) is 24.5. The van der Waals surface area contributed by atoms with Gasteiger partial charge in [-0.05, 0) is 79.0 Å². The fourth-order valence-corrected chi connectivity index (χ4v) is 6.68. The first-order valence-corrected chi connectivity index (χ1v) is 17.3. The van der Waals surface area contributed by atoms with Crippen molar-refractivity contribution in [2.45, 2.75) is 136 Å². The van der Waals surface area contributed by atoms with Gasteiger partial charge < -0.3 is 29.9 Å². The number of hydrogen-bond acceptors (Lipinski definition) is 8. The molecule has 0 bridgehead atoms. The number of carbonyl (C=O) groups is 2. The second-order valence-corrected chi connectivity index (χ2v) is 17.7. The van der Waals surface area contributed by atoms with Crippen molar-refractivity contribution in [2.75, 3.05) is 34.0 Å². The van der Waals surface area contributed by atoms with Gasteiger partial charge in [0.25, 0.3) is 0 Å². The molecule has 0 saturated heterocycles. The number of hydrogen-bond donors (Lipinski definition) is 4. The van der Waals surface area contributed by atoms with Crippen LogP contribution in [-0.4, -0.2) is 66.4 Å². The van der Waals surface area contributed by atoms with Gasteiger partial charge in [0.1, 0.15) is 5.60 Å². The SMILES string of the molecule is COC(=O)CCc1cc(C(C)(C)C)c(C(O)(c2c(C(C)(C)C)cc(CCC(=O)OC)cc2C(C)(C)C)C(CO)(CO)CO)c(C(C)(C)C)c1. The minimum atomic E-state index is -2.14. The average Bonchev–Trinajstić information content (AvgIpc) is 3.00. The van der Waals surface area contributed by atoms with Crippen LogP contribution in [0, 0.1) is 5.41 Å². The van der Waals surface area contributed by atoms with Gasteiger partial charge >= 0.3 is 11.9 Å². The monoisotopic (exact) mass is 684 g/mol. The number of carbonyl (C=O) groups excluding carboxylic acids is 2. The summed E-state index contributed by atoms with van der Waals surface area (Å²) in [6.45, 7) is 22.4. The molecule has 0 fully saturated rings. The van der Waals surface area contributed by atoms with E-state index < -0.39 is 52.5 Å². The van der Waals surface area contributed by atoms with Gasteiger partial charge in [-0.3, -0.25) is 9.59 Å². The number of benzene rings is 2. The highest BCUT2D eigenvalue weighted by molar-refractivity contribution is 5.70. The van der Waals surface area contributed by atoms with E-state index in [4.69, 9.17) is 9.47 Å². The van der Waals surface area contributed by atoms with Crippen molar-refractivity contribution in [3.05, 3.63) is 68.8 Å². The highest BCUT2D eigenvalue weighted by Gasteiger charge is 2.58. The number of aryl methyl sites for hydroxylation is 2. The third-order valence-corrected chi connectivity index (χ3v) is 9.72. The Labute approximate surface area is 295 Å². The number of aliphatic hydroxyl groups excluding tert-OH is 3. The molecule has 0 aliphatic heterocycles. The second-order valence-electron chi connectivity index (χ2n) is 17.7. The van der Waals surface area contributed by atoms with Crippen molar-refractivity contribution < 1.29 is 39.5 Å². The summed E-state index contributed by atoms with van der Waals surface area (Å²) < 4.78 is 9.88. The lowest BCUT2D eigenvalue weighted by Gasteiger charge is -2.52. The first-order valence-electron chi connectivity index (χ1n) is 17.3. The fraction of sp³-hybridized carbons (Fsp3) is 0.659. The summed E-state index contributed by atoms with van der Waals surface area (Å²) in [5.74, 6) is -0.654. The van der Waals surface area contributed by atoms with Crippen LogP contribution in [0.3, 0.4) is 0 Å². The van der Waals surface area contributed by atoms with Crippen molar-refractivity contribution in [1.29, 1.82) is 0 Å². The molecule has 8 heteroatoms. The van der Waals surface area contributed by atoms with Gasteiger partial charge in [0.2, 0.25) is 0 Å². The number of ether oxygens (including phenoxy) is 2. The summed E-state index contributed by atoms with van der Waals surface area (Å²) in [7, 11) is 2.73. The lowest BCUT2D eigenvalue weighted by atomic mass is 9.56. The Kier molecular flexibility index (Phi) is 13.2. The predicted molar refractivity (Wildman–Crippen MR) is 195 cm³/mol. The Morgan fingerprint density at radius 1 is 0.531 bits per heavy atom. The average molecular weight is 685 g/mol. The van der Waals surface area contributed by atoms with Crippen LogP contribution < -0.4 is 0 Å². The van der Waals surface area contributed by atoms with E-state index >= 15 is 0 Å². The quantitative estimate of drug-likeness (QED) is 0.192. The van der Waals surface area contributed by atoms with Crippen LogP contribution in [0.5, 0.6) is 0 Å². The topological polar surface area (TPSA) is 134 Å². The van der Waals surface area contributed by atoms with Gasteiger partial charge in [-0.15, -0.1) is 0 Å². The van der Waals surface area contributed by atoms with Crippen molar-refractivity contribution in [1.82, 2.24) is 0 Å². The van der Waals surface area contributed by atoms with Crippen LogP contribution in [0.1, 0.15) is 140 Å². The molecule has 0 amide bonds. The van der Waals surface area contributed by atoms with E-state index in [-0.39, 0.29) is 24.8 Å². The van der Waals surface area contributed by atoms with E-state index in [2.05, 4.69) is 0 Å². The second kappa shape index (κ2) is 15.2. The van der Waals surface area contributed by atoms with Crippen molar-refractivity contribution in [3.63, 3.8) is 0 Å². The lowest BCUT2D eigenvalue weighted by molar-refractivity contribution is -0.141. The Morgan fingerprint density at radius 2 is 0.776 bits per heavy atom. The summed E-state index contributed by atoms with van der Waals surface area (Å²) in [5, 5.41) is 47.9. The molecule has 0 unspecified atom stereocenters. The van der Waals surface area contributed by atoms with E-state index in [1.807, 2.05) is 107 Å². The summed E-state index contributed by atoms with van der Waals surface area (Å²) in [6.07, 6.45) is 1.18. The first-order chi connectivity index (χ1) is 22.3. The molecule has 0 radical (unpaired) electrons. The zero-order valence-electron chi connectivity index (χ0n) is 32.7. The number of esters is 2. The van der Waals surface area contributed by atoms with Gasteiger partial charge in [0, 0.05) is 12.8 Å². The van der Waals surface area contributed by atoms with E-state index in [0.29, 0.717) is 24.0 Å². The molecule has 276 valence electrons. The lowest BCUT2D eigenvalue weighted by Crippen LogP contribution is -2.57. The molecule has 2 rings (SSSR count). The van der Waals surface area contributed by atoms with E-state index in [9.17, 15) is 30.0 Å². The molecule has 49 heavy (non-hydrogen) atoms. The van der Waals surface area contributed by atoms with Gasteiger partial charge in [0.05, 0.1) is 39.5 Å². The molecule has 8 nitrogen and oxygen atoms in total. The molecule has 0 aliphatic rings. The minimum Gasteiger partial charge on any atom is -0.469 e. The van der Waals surface area contributed by atoms with Gasteiger partial charge in [-0.25, -0.2) is 0 Å². The van der Waals surface area contributed by atoms with E-state index in [0.717, 1.165) is 33.4 Å². The molecule has 0 spiro atoms. The van der Waals surface area contributed by atoms with Crippen LogP contribution in [-0.2, 0) is 59.2 Å². The molecule has 4 N–H and O–H groups in total. The normalized spacial score (nSPS) is 13.4. The first kappa shape index (κ1) is 42.4. The summed E-state index contributed by atoms with van der Waals surface area (Å²) >= 11 is 0. The zero-order chi connectivity index (χ0) is 38.0. The number of methoxy groups -OCH3 is 2. The highest BCUT2D eigenvalue weighted by Crippen LogP contribution is 2.56. The van der Waals surface area contributed by atoms with Crippen LogP contribution in [0.4, 0.5) is 0 Å². The fourth-order valence-electron chi connectivity index (χ4n) is 6.68. The van der Waals surface area contributed by atoms with Crippen molar-refractivity contribution >= 4 is 11.9 Å². The molecule has 2 aromatic rings. The molecule has 0 aliphatic carbocycles. The summed E-state index contributed by atoms with van der Waals surface area (Å²) in [6, 6.07) is 8.03. The van der Waals surface area contributed by atoms with E-state index in [1.54, 1.807) is 0 Å². The van der Waals surface area contributed by atoms with Crippen LogP contribution in [0.2, 0.25) is 0 Å². The minimum absolute atomic E-state index is 0.177. The predicted octanol–water partition coefficient (Wildman–Crippen LogP) is 6.29. The maximum atomic E-state index is 14.1. The van der Waals surface area contributed by atoms with Crippen molar-refractivity contribution in [2.24, 2.45) is 5.41 Å². The van der Waals surface area contributed by atoms with Crippen LogP contribution in [0.15, 0.2) is 24.3 Å². The molecular formula is C41H64O8. The van der Waals surface area contributed by atoms with E-state index in [1.165, 1.54) is 14.2 Å². The molecule has 0 aromatic heterocycles. The number of rotatable bonds is 12. The van der Waals surface area contributed by atoms with Gasteiger partial charge in [0.15, 0.2) is 0 Å². The summed E-state index contributed by atoms with van der Waals surface area (Å²) in [5.41, 5.74) is -0.338. The Morgan fingerprint density at radius 3 is 0.959 bits per heavy atom. The number of aliphatic hydroxyl groups is 4. The maximum absolute atomic E-state index is 14.1. The Hall–Kier alpha value is -2.78. The van der Waals surface area contributed by atoms with Gasteiger partial charge in [-0.1, -0.05) is 107 Å². The molecule has 0 atom stereocenters. The van der Waals surface area contributed by atoms with Gasteiger partial charge in [-0.2, -0.15) is 0 Å². The maximum Gasteiger partial charge on any atom is 0.305 e. The highest BCUT2D eigenvalue weighted by atomic mass is 16.5. The Bertz CT molecular complexity index is 1290. The molecule has 2 aromatic carbocycles. The largest absolute Gasteiger partial charge is 0.469 e. The molecule has 0 saturated carbocycles. The standard InChI is InChI=1S/C41H64O8/c1-36(2,3)28-19-26(15-17-32(45)48-13)20-29(37(4,5)6)34(28)41(47,40(23-42,24-43)25-44)35-30(38(7,8)9)21-27(16-18-33(46)49-14)22-31(35)39(10,11)12/h19-22,42-44,47H,15-18,23-25H2,1-14H3. The molecular weight excluding hydrogens is 620 g/mol. The smallest absolute Gasteiger partial charge is 0.305 e. The van der Waals surface area contributed by atoms with Crippen LogP contribution >= 0.6 is 0 Å². The third-order valence-electron chi connectivity index (χ3n) is 9.72. The zero-order valence-corrected chi connectivity index (χ0v) is 32.7. The Balaban J connectivity index is 3.48. The third kappa shape index (κ3) is 8.94.